The molecule has 21 heavy (non-hydrogen) atoms. The van der Waals surface area contributed by atoms with Crippen molar-refractivity contribution in [3.63, 3.8) is 0 Å². The first-order valence-electron chi connectivity index (χ1n) is 8.56. The Bertz CT molecular complexity index is 506. The summed E-state index contributed by atoms with van der Waals surface area (Å²) in [6.45, 7) is 4.05. The number of fused-ring (bicyclic) bond motifs is 1. The van der Waals surface area contributed by atoms with E-state index in [4.69, 9.17) is 4.74 Å². The fourth-order valence-electron chi connectivity index (χ4n) is 3.53. The van der Waals surface area contributed by atoms with Crippen LogP contribution in [-0.4, -0.2) is 13.2 Å². The van der Waals surface area contributed by atoms with Crippen LogP contribution in [0.2, 0.25) is 0 Å². The molecule has 1 N–H and O–H groups in total. The molecule has 2 aliphatic rings. The summed E-state index contributed by atoms with van der Waals surface area (Å²) >= 11 is 0. The maximum absolute atomic E-state index is 5.64. The third-order valence-electron chi connectivity index (χ3n) is 4.65. The molecule has 0 aromatic heterocycles. The lowest BCUT2D eigenvalue weighted by molar-refractivity contribution is 0.356. The van der Waals surface area contributed by atoms with Gasteiger partial charge in [-0.25, -0.2) is 0 Å². The minimum Gasteiger partial charge on any atom is -0.493 e. The van der Waals surface area contributed by atoms with Crippen molar-refractivity contribution in [3.8, 4) is 5.75 Å². The van der Waals surface area contributed by atoms with Crippen LogP contribution in [0.1, 0.15) is 62.6 Å². The van der Waals surface area contributed by atoms with Gasteiger partial charge in [-0.15, -0.1) is 0 Å². The number of benzene rings is 1. The van der Waals surface area contributed by atoms with E-state index in [1.165, 1.54) is 49.7 Å². The molecule has 114 valence electrons. The van der Waals surface area contributed by atoms with E-state index in [9.17, 15) is 0 Å². The Labute approximate surface area is 128 Å². The highest BCUT2D eigenvalue weighted by Gasteiger charge is 2.19. The molecule has 1 heterocycles. The average Bonchev–Trinajstić information content (AvgIpc) is 2.92. The summed E-state index contributed by atoms with van der Waals surface area (Å²) in [5.74, 6) is 1.08. The second-order valence-electron chi connectivity index (χ2n) is 6.19. The molecule has 2 heteroatoms. The summed E-state index contributed by atoms with van der Waals surface area (Å²) in [5, 5.41) is 3.70. The van der Waals surface area contributed by atoms with E-state index in [0.717, 1.165) is 25.3 Å². The molecule has 3 rings (SSSR count). The molecule has 0 saturated heterocycles. The van der Waals surface area contributed by atoms with Gasteiger partial charge in [0.15, 0.2) is 0 Å². The number of nitrogens with one attached hydrogen (secondary N) is 1. The maximum atomic E-state index is 5.64. The van der Waals surface area contributed by atoms with Crippen LogP contribution in [0.15, 0.2) is 29.8 Å². The Balaban J connectivity index is 1.86. The standard InChI is InChI=1S/C19H27NO/c1-2-20-19(15-8-6-4-3-5-7-9-15)17-10-11-18-16(14-17)12-13-21-18/h8,10-11,14,19-20H,2-7,9,12-13H2,1H3/b15-8+. The normalized spacial score (nSPS) is 22.4. The molecular formula is C19H27NO. The van der Waals surface area contributed by atoms with Gasteiger partial charge in [0.2, 0.25) is 0 Å². The molecule has 2 nitrogen and oxygen atoms in total. The molecule has 1 aromatic carbocycles. The van der Waals surface area contributed by atoms with Crippen molar-refractivity contribution < 1.29 is 4.74 Å². The van der Waals surface area contributed by atoms with Crippen LogP contribution in [0, 0.1) is 0 Å². The number of allylic oxidation sites excluding steroid dienone is 1. The van der Waals surface area contributed by atoms with Gasteiger partial charge in [0, 0.05) is 6.42 Å². The van der Waals surface area contributed by atoms with Crippen molar-refractivity contribution in [1.29, 1.82) is 0 Å². The highest BCUT2D eigenvalue weighted by atomic mass is 16.5. The monoisotopic (exact) mass is 285 g/mol. The van der Waals surface area contributed by atoms with E-state index in [1.54, 1.807) is 5.57 Å². The van der Waals surface area contributed by atoms with Crippen LogP contribution in [0.4, 0.5) is 0 Å². The first kappa shape index (κ1) is 14.6. The maximum Gasteiger partial charge on any atom is 0.122 e. The van der Waals surface area contributed by atoms with Gasteiger partial charge in [-0.05, 0) is 49.4 Å². The van der Waals surface area contributed by atoms with Gasteiger partial charge in [-0.2, -0.15) is 0 Å². The molecule has 1 unspecified atom stereocenters. The van der Waals surface area contributed by atoms with Crippen molar-refractivity contribution in [2.45, 2.75) is 57.9 Å². The van der Waals surface area contributed by atoms with Gasteiger partial charge >= 0.3 is 0 Å². The smallest absolute Gasteiger partial charge is 0.122 e. The summed E-state index contributed by atoms with van der Waals surface area (Å²) < 4.78 is 5.64. The van der Waals surface area contributed by atoms with Crippen molar-refractivity contribution in [2.24, 2.45) is 0 Å². The van der Waals surface area contributed by atoms with Crippen molar-refractivity contribution in [1.82, 2.24) is 5.32 Å². The summed E-state index contributed by atoms with van der Waals surface area (Å²) in [6.07, 6.45) is 11.5. The molecule has 0 saturated carbocycles. The van der Waals surface area contributed by atoms with Gasteiger partial charge in [-0.3, -0.25) is 0 Å². The largest absolute Gasteiger partial charge is 0.493 e. The van der Waals surface area contributed by atoms with Gasteiger partial charge in [-0.1, -0.05) is 43.5 Å². The number of hydrogen-bond acceptors (Lipinski definition) is 2. The molecule has 0 spiro atoms. The molecule has 0 fully saturated rings. The number of likely N-dealkylation sites (N-methyl/N-ethyl adjacent to an activating group) is 1. The minimum absolute atomic E-state index is 0.388. The summed E-state index contributed by atoms with van der Waals surface area (Å²) in [7, 11) is 0. The highest BCUT2D eigenvalue weighted by Crippen LogP contribution is 2.33. The summed E-state index contributed by atoms with van der Waals surface area (Å²) in [6, 6.07) is 7.15. The Morgan fingerprint density at radius 1 is 1.14 bits per heavy atom. The van der Waals surface area contributed by atoms with E-state index < -0.39 is 0 Å². The number of hydrogen-bond donors (Lipinski definition) is 1. The summed E-state index contributed by atoms with van der Waals surface area (Å²) in [4.78, 5) is 0. The fraction of sp³-hybridized carbons (Fsp3) is 0.579. The lowest BCUT2D eigenvalue weighted by Gasteiger charge is -2.24. The van der Waals surface area contributed by atoms with Crippen LogP contribution in [-0.2, 0) is 6.42 Å². The Morgan fingerprint density at radius 3 is 2.95 bits per heavy atom. The predicted molar refractivity (Wildman–Crippen MR) is 87.8 cm³/mol. The Morgan fingerprint density at radius 2 is 2.05 bits per heavy atom. The van der Waals surface area contributed by atoms with Crippen LogP contribution < -0.4 is 10.1 Å². The second kappa shape index (κ2) is 7.13. The second-order valence-corrected chi connectivity index (χ2v) is 6.19. The molecule has 0 bridgehead atoms. The van der Waals surface area contributed by atoms with Crippen LogP contribution in [0.5, 0.6) is 5.75 Å². The first-order valence-corrected chi connectivity index (χ1v) is 8.56. The zero-order chi connectivity index (χ0) is 14.5. The average molecular weight is 285 g/mol. The lowest BCUT2D eigenvalue weighted by atomic mass is 9.90. The highest BCUT2D eigenvalue weighted by molar-refractivity contribution is 5.42. The van der Waals surface area contributed by atoms with Crippen LogP contribution in [0.25, 0.3) is 0 Å². The topological polar surface area (TPSA) is 21.3 Å². The van der Waals surface area contributed by atoms with E-state index in [1.807, 2.05) is 0 Å². The zero-order valence-electron chi connectivity index (χ0n) is 13.2. The third-order valence-corrected chi connectivity index (χ3v) is 4.65. The van der Waals surface area contributed by atoms with Gasteiger partial charge < -0.3 is 10.1 Å². The number of ether oxygens (including phenoxy) is 1. The fourth-order valence-corrected chi connectivity index (χ4v) is 3.53. The van der Waals surface area contributed by atoms with Crippen LogP contribution >= 0.6 is 0 Å². The molecule has 1 aliphatic carbocycles. The Kier molecular flexibility index (Phi) is 4.97. The SMILES string of the molecule is CCNC(/C1=C/CCCCCC1)c1ccc2c(c1)CCO2. The van der Waals surface area contributed by atoms with E-state index >= 15 is 0 Å². The first-order chi connectivity index (χ1) is 10.4. The molecule has 0 radical (unpaired) electrons. The quantitative estimate of drug-likeness (QED) is 0.819. The molecule has 1 aromatic rings. The Hall–Kier alpha value is -1.28. The van der Waals surface area contributed by atoms with Gasteiger partial charge in [0.25, 0.3) is 0 Å². The van der Waals surface area contributed by atoms with E-state index in [-0.39, 0.29) is 0 Å². The van der Waals surface area contributed by atoms with Crippen molar-refractivity contribution in [3.05, 3.63) is 41.0 Å². The molecule has 0 amide bonds. The third kappa shape index (κ3) is 3.49. The van der Waals surface area contributed by atoms with E-state index in [2.05, 4.69) is 36.5 Å². The number of rotatable bonds is 4. The minimum atomic E-state index is 0.388. The van der Waals surface area contributed by atoms with Crippen molar-refractivity contribution in [2.75, 3.05) is 13.2 Å². The summed E-state index contributed by atoms with van der Waals surface area (Å²) in [5.41, 5.74) is 4.38. The predicted octanol–water partition coefficient (Wildman–Crippen LogP) is 4.55. The van der Waals surface area contributed by atoms with E-state index in [0.29, 0.717) is 6.04 Å². The van der Waals surface area contributed by atoms with Gasteiger partial charge in [0.1, 0.15) is 5.75 Å². The molecule has 1 aliphatic heterocycles. The lowest BCUT2D eigenvalue weighted by Crippen LogP contribution is -2.23. The van der Waals surface area contributed by atoms with Crippen molar-refractivity contribution >= 4 is 0 Å². The molecule has 1 atom stereocenters. The molecular weight excluding hydrogens is 258 g/mol. The van der Waals surface area contributed by atoms with Crippen LogP contribution in [0.3, 0.4) is 0 Å². The zero-order valence-corrected chi connectivity index (χ0v) is 13.2. The van der Waals surface area contributed by atoms with Gasteiger partial charge in [0.05, 0.1) is 12.6 Å².